The predicted molar refractivity (Wildman–Crippen MR) is 124 cm³/mol. The molecule has 0 aromatic heterocycles. The number of benzene rings is 3. The van der Waals surface area contributed by atoms with E-state index >= 15 is 0 Å². The molecule has 0 aliphatic heterocycles. The van der Waals surface area contributed by atoms with Gasteiger partial charge in [0.1, 0.15) is 6.54 Å². The lowest BCUT2D eigenvalue weighted by atomic mass is 10.2. The van der Waals surface area contributed by atoms with Gasteiger partial charge in [0.25, 0.3) is 10.0 Å². The zero-order valence-corrected chi connectivity index (χ0v) is 19.0. The lowest BCUT2D eigenvalue weighted by Gasteiger charge is -2.24. The number of hydrogen-bond acceptors (Lipinski definition) is 5. The number of methoxy groups -OCH3 is 1. The summed E-state index contributed by atoms with van der Waals surface area (Å²) in [6.07, 6.45) is 0. The smallest absolute Gasteiger partial charge is 0.337 e. The van der Waals surface area contributed by atoms with Gasteiger partial charge in [-0.05, 0) is 55.5 Å². The first kappa shape index (κ1) is 23.3. The molecule has 1 N–H and O–H groups in total. The van der Waals surface area contributed by atoms with Gasteiger partial charge in [-0.3, -0.25) is 9.10 Å². The normalized spacial score (nSPS) is 11.0. The minimum Gasteiger partial charge on any atom is -0.465 e. The first-order chi connectivity index (χ1) is 15.2. The quantitative estimate of drug-likeness (QED) is 0.518. The van der Waals surface area contributed by atoms with E-state index < -0.39 is 28.4 Å². The SMILES string of the molecule is COC(=O)c1cccc(NC(=O)CN(c2cccc(Cl)c2)S(=O)(=O)c2ccc(C)cc2)c1. The summed E-state index contributed by atoms with van der Waals surface area (Å²) in [6, 6.07) is 18.7. The number of carbonyl (C=O) groups excluding carboxylic acids is 2. The Balaban J connectivity index is 1.92. The van der Waals surface area contributed by atoms with Gasteiger partial charge in [0.2, 0.25) is 5.91 Å². The molecule has 0 saturated carbocycles. The first-order valence-corrected chi connectivity index (χ1v) is 11.4. The summed E-state index contributed by atoms with van der Waals surface area (Å²) in [5.41, 5.74) is 1.74. The number of esters is 1. The van der Waals surface area contributed by atoms with Crippen LogP contribution in [0.5, 0.6) is 0 Å². The molecule has 0 radical (unpaired) electrons. The summed E-state index contributed by atoms with van der Waals surface area (Å²) in [6.45, 7) is 1.35. The van der Waals surface area contributed by atoms with Crippen LogP contribution in [0.3, 0.4) is 0 Å². The van der Waals surface area contributed by atoms with Gasteiger partial charge in [-0.2, -0.15) is 0 Å². The van der Waals surface area contributed by atoms with Crippen molar-refractivity contribution in [3.8, 4) is 0 Å². The summed E-state index contributed by atoms with van der Waals surface area (Å²) in [7, 11) is -2.80. The Bertz CT molecular complexity index is 1240. The molecule has 0 atom stereocenters. The van der Waals surface area contributed by atoms with Gasteiger partial charge >= 0.3 is 5.97 Å². The van der Waals surface area contributed by atoms with Crippen molar-refractivity contribution in [3.63, 3.8) is 0 Å². The van der Waals surface area contributed by atoms with Crippen molar-refractivity contribution >= 4 is 44.9 Å². The average molecular weight is 473 g/mol. The highest BCUT2D eigenvalue weighted by atomic mass is 35.5. The van der Waals surface area contributed by atoms with E-state index in [0.29, 0.717) is 10.7 Å². The molecule has 3 aromatic rings. The van der Waals surface area contributed by atoms with Crippen LogP contribution in [0.4, 0.5) is 11.4 Å². The van der Waals surface area contributed by atoms with E-state index in [9.17, 15) is 18.0 Å². The van der Waals surface area contributed by atoms with Crippen LogP contribution >= 0.6 is 11.6 Å². The van der Waals surface area contributed by atoms with E-state index in [0.717, 1.165) is 9.87 Å². The second-order valence-electron chi connectivity index (χ2n) is 6.93. The Labute approximate surface area is 191 Å². The zero-order valence-electron chi connectivity index (χ0n) is 17.4. The highest BCUT2D eigenvalue weighted by molar-refractivity contribution is 7.92. The van der Waals surface area contributed by atoms with Crippen molar-refractivity contribution in [3.05, 3.63) is 88.9 Å². The molecule has 3 aromatic carbocycles. The summed E-state index contributed by atoms with van der Waals surface area (Å²) >= 11 is 6.07. The standard InChI is InChI=1S/C23H21ClN2O5S/c1-16-9-11-21(12-10-16)32(29,30)26(20-8-4-6-18(24)14-20)15-22(27)25-19-7-3-5-17(13-19)23(28)31-2/h3-14H,15H2,1-2H3,(H,25,27). The molecule has 7 nitrogen and oxygen atoms in total. The first-order valence-electron chi connectivity index (χ1n) is 9.54. The number of rotatable bonds is 7. The van der Waals surface area contributed by atoms with Gasteiger partial charge in [-0.1, -0.05) is 41.4 Å². The molecule has 0 bridgehead atoms. The molecule has 1 amide bonds. The van der Waals surface area contributed by atoms with Crippen LogP contribution in [0.1, 0.15) is 15.9 Å². The number of anilines is 2. The minimum atomic E-state index is -4.06. The van der Waals surface area contributed by atoms with Gasteiger partial charge < -0.3 is 10.1 Å². The minimum absolute atomic E-state index is 0.0450. The molecule has 0 fully saturated rings. The Morgan fingerprint density at radius 3 is 2.34 bits per heavy atom. The van der Waals surface area contributed by atoms with Crippen LogP contribution < -0.4 is 9.62 Å². The highest BCUT2D eigenvalue weighted by Crippen LogP contribution is 2.26. The van der Waals surface area contributed by atoms with Crippen molar-refractivity contribution in [2.75, 3.05) is 23.3 Å². The van der Waals surface area contributed by atoms with E-state index in [4.69, 9.17) is 11.6 Å². The molecule has 9 heteroatoms. The maximum atomic E-state index is 13.4. The predicted octanol–water partition coefficient (Wildman–Crippen LogP) is 4.27. The number of nitrogens with one attached hydrogen (secondary N) is 1. The molecule has 0 spiro atoms. The van der Waals surface area contributed by atoms with Gasteiger partial charge in [0.15, 0.2) is 0 Å². The number of carbonyl (C=O) groups is 2. The van der Waals surface area contributed by atoms with Crippen molar-refractivity contribution in [1.29, 1.82) is 0 Å². The van der Waals surface area contributed by atoms with Crippen LogP contribution in [-0.2, 0) is 19.6 Å². The Morgan fingerprint density at radius 1 is 1.00 bits per heavy atom. The van der Waals surface area contributed by atoms with Crippen molar-refractivity contribution in [2.45, 2.75) is 11.8 Å². The van der Waals surface area contributed by atoms with Crippen LogP contribution in [0.25, 0.3) is 0 Å². The third kappa shape index (κ3) is 5.46. The van der Waals surface area contributed by atoms with Crippen molar-refractivity contribution in [1.82, 2.24) is 0 Å². The Kier molecular flexibility index (Phi) is 7.17. The maximum Gasteiger partial charge on any atom is 0.337 e. The fourth-order valence-electron chi connectivity index (χ4n) is 2.96. The maximum absolute atomic E-state index is 13.4. The third-order valence-electron chi connectivity index (χ3n) is 4.56. The van der Waals surface area contributed by atoms with Crippen LogP contribution in [0.15, 0.2) is 77.7 Å². The fraction of sp³-hybridized carbons (Fsp3) is 0.130. The number of ether oxygens (including phenoxy) is 1. The van der Waals surface area contributed by atoms with E-state index in [-0.39, 0.29) is 16.1 Å². The number of aryl methyl sites for hydroxylation is 1. The second-order valence-corrected chi connectivity index (χ2v) is 9.22. The largest absolute Gasteiger partial charge is 0.465 e. The molecule has 166 valence electrons. The molecule has 0 aliphatic rings. The lowest BCUT2D eigenvalue weighted by molar-refractivity contribution is -0.114. The summed E-state index contributed by atoms with van der Waals surface area (Å²) in [5, 5.41) is 2.95. The van der Waals surface area contributed by atoms with Crippen LogP contribution in [-0.4, -0.2) is 33.9 Å². The van der Waals surface area contributed by atoms with Gasteiger partial charge in [-0.15, -0.1) is 0 Å². The van der Waals surface area contributed by atoms with E-state index in [1.807, 2.05) is 6.92 Å². The molecule has 32 heavy (non-hydrogen) atoms. The van der Waals surface area contributed by atoms with E-state index in [1.165, 1.54) is 31.4 Å². The Morgan fingerprint density at radius 2 is 1.69 bits per heavy atom. The fourth-order valence-corrected chi connectivity index (χ4v) is 4.55. The average Bonchev–Trinajstić information content (AvgIpc) is 2.77. The molecule has 3 rings (SSSR count). The molecule has 0 aliphatic carbocycles. The molecular formula is C23H21ClN2O5S. The number of nitrogens with zero attached hydrogens (tertiary/aromatic N) is 1. The number of hydrogen-bond donors (Lipinski definition) is 1. The second kappa shape index (κ2) is 9.84. The summed E-state index contributed by atoms with van der Waals surface area (Å²) in [4.78, 5) is 24.6. The zero-order chi connectivity index (χ0) is 23.3. The molecule has 0 unspecified atom stereocenters. The van der Waals surface area contributed by atoms with Crippen molar-refractivity contribution in [2.24, 2.45) is 0 Å². The van der Waals surface area contributed by atoms with Crippen LogP contribution in [0, 0.1) is 6.92 Å². The van der Waals surface area contributed by atoms with Gasteiger partial charge in [0, 0.05) is 10.7 Å². The lowest BCUT2D eigenvalue weighted by Crippen LogP contribution is -2.38. The van der Waals surface area contributed by atoms with Gasteiger partial charge in [-0.25, -0.2) is 13.2 Å². The monoisotopic (exact) mass is 472 g/mol. The molecule has 0 saturated heterocycles. The third-order valence-corrected chi connectivity index (χ3v) is 6.58. The molecular weight excluding hydrogens is 452 g/mol. The number of amides is 1. The molecule has 0 heterocycles. The summed E-state index contributed by atoms with van der Waals surface area (Å²) < 4.78 is 32.4. The van der Waals surface area contributed by atoms with Crippen LogP contribution in [0.2, 0.25) is 5.02 Å². The van der Waals surface area contributed by atoms with E-state index in [1.54, 1.807) is 48.5 Å². The summed E-state index contributed by atoms with van der Waals surface area (Å²) in [5.74, 6) is -1.15. The van der Waals surface area contributed by atoms with Crippen molar-refractivity contribution < 1.29 is 22.7 Å². The van der Waals surface area contributed by atoms with E-state index in [2.05, 4.69) is 10.1 Å². The number of halogens is 1. The number of sulfonamides is 1. The highest BCUT2D eigenvalue weighted by Gasteiger charge is 2.27. The van der Waals surface area contributed by atoms with Gasteiger partial charge in [0.05, 0.1) is 23.3 Å². The topological polar surface area (TPSA) is 92.8 Å². The Hall–Kier alpha value is -3.36.